The van der Waals surface area contributed by atoms with E-state index in [9.17, 15) is 4.79 Å². The van der Waals surface area contributed by atoms with Gasteiger partial charge in [-0.05, 0) is 31.2 Å². The highest BCUT2D eigenvalue weighted by atomic mass is 16.2. The lowest BCUT2D eigenvalue weighted by molar-refractivity contribution is 0.102. The number of benzene rings is 1. The first-order valence-corrected chi connectivity index (χ1v) is 6.45. The van der Waals surface area contributed by atoms with E-state index < -0.39 is 0 Å². The first-order valence-electron chi connectivity index (χ1n) is 6.45. The number of hydrogen-bond donors (Lipinski definition) is 1. The molecule has 0 unspecified atom stereocenters. The molecule has 1 aromatic carbocycles. The number of anilines is 1. The molecule has 0 spiro atoms. The molecular formula is C15H13N5O. The summed E-state index contributed by atoms with van der Waals surface area (Å²) in [4.78, 5) is 16.2. The molecule has 0 aliphatic carbocycles. The molecule has 6 nitrogen and oxygen atoms in total. The SMILES string of the molecule is Cc1c(C(=O)Nc2cccnc2)nnn1-c1ccccc1. The van der Waals surface area contributed by atoms with E-state index in [0.29, 0.717) is 17.1 Å². The molecule has 21 heavy (non-hydrogen) atoms. The van der Waals surface area contributed by atoms with Crippen molar-refractivity contribution in [3.8, 4) is 5.69 Å². The number of carbonyl (C=O) groups excluding carboxylic acids is 1. The molecule has 3 rings (SSSR count). The van der Waals surface area contributed by atoms with Crippen molar-refractivity contribution in [3.05, 3.63) is 66.2 Å². The van der Waals surface area contributed by atoms with E-state index in [-0.39, 0.29) is 5.91 Å². The normalized spacial score (nSPS) is 10.3. The lowest BCUT2D eigenvalue weighted by Gasteiger charge is -2.04. The number of nitrogens with zero attached hydrogens (tertiary/aromatic N) is 4. The summed E-state index contributed by atoms with van der Waals surface area (Å²) in [7, 11) is 0. The largest absolute Gasteiger partial charge is 0.319 e. The van der Waals surface area contributed by atoms with Crippen molar-refractivity contribution in [1.29, 1.82) is 0 Å². The molecule has 0 bridgehead atoms. The third-order valence-corrected chi connectivity index (χ3v) is 3.03. The zero-order chi connectivity index (χ0) is 14.7. The van der Waals surface area contributed by atoms with Crippen LogP contribution in [0.1, 0.15) is 16.2 Å². The highest BCUT2D eigenvalue weighted by Gasteiger charge is 2.17. The Morgan fingerprint density at radius 3 is 2.67 bits per heavy atom. The predicted octanol–water partition coefficient (Wildman–Crippen LogP) is 2.22. The molecule has 2 aromatic heterocycles. The van der Waals surface area contributed by atoms with Gasteiger partial charge in [0, 0.05) is 6.20 Å². The molecule has 0 fully saturated rings. The molecular weight excluding hydrogens is 266 g/mol. The maximum atomic E-state index is 12.2. The monoisotopic (exact) mass is 279 g/mol. The van der Waals surface area contributed by atoms with Crippen LogP contribution in [0.5, 0.6) is 0 Å². The summed E-state index contributed by atoms with van der Waals surface area (Å²) in [6.45, 7) is 1.81. The molecule has 0 aliphatic heterocycles. The predicted molar refractivity (Wildman–Crippen MR) is 78.3 cm³/mol. The summed E-state index contributed by atoms with van der Waals surface area (Å²) in [6, 6.07) is 13.1. The van der Waals surface area contributed by atoms with Crippen LogP contribution < -0.4 is 5.32 Å². The molecule has 2 heterocycles. The number of para-hydroxylation sites is 1. The van der Waals surface area contributed by atoms with Gasteiger partial charge >= 0.3 is 0 Å². The van der Waals surface area contributed by atoms with Crippen molar-refractivity contribution in [2.45, 2.75) is 6.92 Å². The van der Waals surface area contributed by atoms with Crippen molar-refractivity contribution >= 4 is 11.6 Å². The first-order chi connectivity index (χ1) is 10.3. The minimum atomic E-state index is -0.303. The van der Waals surface area contributed by atoms with E-state index in [4.69, 9.17) is 0 Å². The quantitative estimate of drug-likeness (QED) is 0.798. The Labute approximate surface area is 121 Å². The Bertz CT molecular complexity index is 752. The number of amides is 1. The average Bonchev–Trinajstić information content (AvgIpc) is 2.91. The van der Waals surface area contributed by atoms with Crippen LogP contribution in [-0.2, 0) is 0 Å². The van der Waals surface area contributed by atoms with Gasteiger partial charge in [0.1, 0.15) is 0 Å². The molecule has 1 amide bonds. The van der Waals surface area contributed by atoms with E-state index in [1.54, 1.807) is 29.2 Å². The van der Waals surface area contributed by atoms with Crippen molar-refractivity contribution in [2.24, 2.45) is 0 Å². The summed E-state index contributed by atoms with van der Waals surface area (Å²) in [6.07, 6.45) is 3.22. The molecule has 0 saturated carbocycles. The van der Waals surface area contributed by atoms with E-state index in [0.717, 1.165) is 5.69 Å². The van der Waals surface area contributed by atoms with Crippen LogP contribution in [0.2, 0.25) is 0 Å². The van der Waals surface area contributed by atoms with Crippen molar-refractivity contribution in [3.63, 3.8) is 0 Å². The van der Waals surface area contributed by atoms with Crippen LogP contribution in [0.15, 0.2) is 54.9 Å². The standard InChI is InChI=1S/C15H13N5O/c1-11-14(15(21)17-12-6-5-9-16-10-12)18-19-20(11)13-7-3-2-4-8-13/h2-10H,1H3,(H,17,21). The summed E-state index contributed by atoms with van der Waals surface area (Å²) in [5.74, 6) is -0.303. The average molecular weight is 279 g/mol. The molecule has 6 heteroatoms. The van der Waals surface area contributed by atoms with Gasteiger partial charge in [0.05, 0.1) is 23.3 Å². The van der Waals surface area contributed by atoms with Gasteiger partial charge < -0.3 is 5.32 Å². The van der Waals surface area contributed by atoms with E-state index in [2.05, 4.69) is 20.6 Å². The zero-order valence-electron chi connectivity index (χ0n) is 11.4. The minimum Gasteiger partial charge on any atom is -0.319 e. The number of hydrogen-bond acceptors (Lipinski definition) is 4. The third-order valence-electron chi connectivity index (χ3n) is 3.03. The minimum absolute atomic E-state index is 0.294. The molecule has 0 aliphatic rings. The smallest absolute Gasteiger partial charge is 0.278 e. The molecule has 104 valence electrons. The van der Waals surface area contributed by atoms with Crippen molar-refractivity contribution < 1.29 is 4.79 Å². The fourth-order valence-corrected chi connectivity index (χ4v) is 1.98. The second-order valence-corrected chi connectivity index (χ2v) is 4.47. The fourth-order valence-electron chi connectivity index (χ4n) is 1.98. The van der Waals surface area contributed by atoms with Crippen LogP contribution in [0.3, 0.4) is 0 Å². The zero-order valence-corrected chi connectivity index (χ0v) is 11.4. The van der Waals surface area contributed by atoms with Gasteiger partial charge in [-0.2, -0.15) is 0 Å². The van der Waals surface area contributed by atoms with Crippen molar-refractivity contribution in [2.75, 3.05) is 5.32 Å². The van der Waals surface area contributed by atoms with Gasteiger partial charge in [-0.25, -0.2) is 4.68 Å². The Balaban J connectivity index is 1.87. The van der Waals surface area contributed by atoms with Crippen LogP contribution in [0.4, 0.5) is 5.69 Å². The topological polar surface area (TPSA) is 72.7 Å². The molecule has 1 N–H and O–H groups in total. The highest BCUT2D eigenvalue weighted by molar-refractivity contribution is 6.03. The fraction of sp³-hybridized carbons (Fsp3) is 0.0667. The van der Waals surface area contributed by atoms with Gasteiger partial charge in [-0.3, -0.25) is 9.78 Å². The Morgan fingerprint density at radius 2 is 1.95 bits per heavy atom. The third kappa shape index (κ3) is 2.64. The van der Waals surface area contributed by atoms with Gasteiger partial charge in [0.2, 0.25) is 0 Å². The number of aromatic nitrogens is 4. The van der Waals surface area contributed by atoms with Crippen LogP contribution >= 0.6 is 0 Å². The second kappa shape index (κ2) is 5.54. The van der Waals surface area contributed by atoms with Gasteiger partial charge in [-0.15, -0.1) is 5.10 Å². The van der Waals surface area contributed by atoms with Gasteiger partial charge in [-0.1, -0.05) is 23.4 Å². The van der Waals surface area contributed by atoms with Crippen LogP contribution in [0.25, 0.3) is 5.69 Å². The number of carbonyl (C=O) groups is 1. The summed E-state index contributed by atoms with van der Waals surface area (Å²) in [5, 5.41) is 10.8. The summed E-state index contributed by atoms with van der Waals surface area (Å²) < 4.78 is 1.64. The molecule has 0 atom stereocenters. The van der Waals surface area contributed by atoms with E-state index in [1.807, 2.05) is 37.3 Å². The Kier molecular flexibility index (Phi) is 3.42. The lowest BCUT2D eigenvalue weighted by atomic mass is 10.3. The van der Waals surface area contributed by atoms with Crippen LogP contribution in [0, 0.1) is 6.92 Å². The van der Waals surface area contributed by atoms with E-state index in [1.165, 1.54) is 0 Å². The van der Waals surface area contributed by atoms with Gasteiger partial charge in [0.15, 0.2) is 5.69 Å². The van der Waals surface area contributed by atoms with E-state index >= 15 is 0 Å². The highest BCUT2D eigenvalue weighted by Crippen LogP contribution is 2.13. The number of pyridine rings is 1. The van der Waals surface area contributed by atoms with Gasteiger partial charge in [0.25, 0.3) is 5.91 Å². The Hall–Kier alpha value is -3.02. The first kappa shape index (κ1) is 13.0. The number of rotatable bonds is 3. The maximum Gasteiger partial charge on any atom is 0.278 e. The van der Waals surface area contributed by atoms with Crippen molar-refractivity contribution in [1.82, 2.24) is 20.0 Å². The van der Waals surface area contributed by atoms with Crippen LogP contribution in [-0.4, -0.2) is 25.9 Å². The summed E-state index contributed by atoms with van der Waals surface area (Å²) >= 11 is 0. The maximum absolute atomic E-state index is 12.2. The molecule has 0 radical (unpaired) electrons. The lowest BCUT2D eigenvalue weighted by Crippen LogP contribution is -2.14. The summed E-state index contributed by atoms with van der Waals surface area (Å²) in [5.41, 5.74) is 2.46. The number of nitrogens with one attached hydrogen (secondary N) is 1. The molecule has 0 saturated heterocycles. The second-order valence-electron chi connectivity index (χ2n) is 4.47. The molecule has 3 aromatic rings. The Morgan fingerprint density at radius 1 is 1.14 bits per heavy atom.